The third-order valence-electron chi connectivity index (χ3n) is 9.62. The molecule has 2 aromatic heterocycles. The average molecular weight is 1160 g/mol. The standard InChI is InChI=1S/C42H45N10O13S3.4Na.O3S/c53-20-16-51(17-21-54)41-47-37(25-28-7-14-34(15-8-28)66(57,58)59)45-40(50-41)44-33-13-12-31(36(27-33)68(63,64)65)11-10-30-9-6-29(24-35(30)67(60,61)62)26-38-46-39(43-32-4-2-1-3-5-32)49-42(48-38)52(18-22-55)19-23-56;;;;;1-4(2)3/h2-15,24,27,53-56H,16-23,25-26H2,(H,57,58,59)(H,60,61,62)(H,63,64,65)(H,43,46,48,49)(H,44,45,47,50);;;;;/q-1;4*+1;/p-3/b11-10+;;;;;. The molecular weight excluding hydrogens is 1120 g/mol. The molecule has 0 aliphatic heterocycles. The molecule has 0 saturated carbocycles. The van der Waals surface area contributed by atoms with Gasteiger partial charge in [-0.1, -0.05) is 48.2 Å². The number of rotatable bonds is 23. The first-order valence-electron chi connectivity index (χ1n) is 20.7. The minimum Gasteiger partial charge on any atom is -0.744 e. The molecule has 26 nitrogen and oxygen atoms in total. The Bertz CT molecular complexity index is 3330. The van der Waals surface area contributed by atoms with Gasteiger partial charge in [0.1, 0.15) is 42.0 Å². The van der Waals surface area contributed by atoms with Gasteiger partial charge in [0.2, 0.25) is 23.8 Å². The van der Waals surface area contributed by atoms with Gasteiger partial charge in [-0.15, -0.1) is 24.8 Å². The molecule has 6 N–H and O–H groups in total. The van der Waals surface area contributed by atoms with Crippen molar-refractivity contribution >= 4 is 88.3 Å². The summed E-state index contributed by atoms with van der Waals surface area (Å²) in [6.07, 6.45) is 2.14. The number of aromatic nitrogens is 6. The second kappa shape index (κ2) is 33.6. The number of hydrogen-bond donors (Lipinski definition) is 6. The number of aliphatic hydroxyl groups excluding tert-OH is 4. The van der Waals surface area contributed by atoms with Crippen LogP contribution in [0, 0.1) is 6.07 Å². The fourth-order valence-electron chi connectivity index (χ4n) is 6.53. The van der Waals surface area contributed by atoms with Crippen LogP contribution in [-0.2, 0) is 53.8 Å². The SMILES string of the molecule is O=S(=O)([O-])c1ccc(Cc2nc(Nc3ccc(/C=C/c4ccc(Cc5nc(Nc6cc[c-]cc6)nc(N(CCO)CCO)n5)cc4S(=O)(=O)[O-])c(S(=O)(=O)[O-])c3)nc(N(CCO)CCO)n2)cc1.O=S(=O)=O.[Na+].[Na+].[Na+].[Na+]. The molecule has 0 bridgehead atoms. The molecular formula is C42H42N10Na4O16S4. The number of anilines is 6. The van der Waals surface area contributed by atoms with E-state index in [1.165, 1.54) is 46.2 Å². The van der Waals surface area contributed by atoms with Gasteiger partial charge >= 0.3 is 129 Å². The van der Waals surface area contributed by atoms with E-state index in [1.54, 1.807) is 24.3 Å². The zero-order chi connectivity index (χ0) is 52.6. The van der Waals surface area contributed by atoms with Crippen molar-refractivity contribution in [2.75, 3.05) is 73.0 Å². The molecule has 0 aliphatic rings. The Morgan fingerprint density at radius 2 is 0.908 bits per heavy atom. The molecule has 0 radical (unpaired) electrons. The summed E-state index contributed by atoms with van der Waals surface area (Å²) < 4.78 is 135. The van der Waals surface area contributed by atoms with Crippen molar-refractivity contribution in [1.82, 2.24) is 29.9 Å². The van der Waals surface area contributed by atoms with E-state index in [-0.39, 0.29) is 241 Å². The molecule has 34 heteroatoms. The summed E-state index contributed by atoms with van der Waals surface area (Å²) in [7, 11) is -18.2. The summed E-state index contributed by atoms with van der Waals surface area (Å²) >= 11 is 0. The summed E-state index contributed by atoms with van der Waals surface area (Å²) in [5.74, 6) is 0.212. The predicted octanol–water partition coefficient (Wildman–Crippen LogP) is -12.0. The van der Waals surface area contributed by atoms with E-state index in [9.17, 15) is 59.3 Å². The van der Waals surface area contributed by atoms with Crippen LogP contribution in [0.15, 0.2) is 99.6 Å². The van der Waals surface area contributed by atoms with E-state index < -0.39 is 55.6 Å². The maximum absolute atomic E-state index is 12.6. The summed E-state index contributed by atoms with van der Waals surface area (Å²) in [6.45, 7) is -1.17. The van der Waals surface area contributed by atoms with Gasteiger partial charge < -0.3 is 54.5 Å². The van der Waals surface area contributed by atoms with E-state index in [0.717, 1.165) is 36.4 Å². The van der Waals surface area contributed by atoms with Gasteiger partial charge in [0.05, 0.1) is 41.1 Å². The molecule has 0 unspecified atom stereocenters. The maximum atomic E-state index is 12.6. The van der Waals surface area contributed by atoms with Crippen LogP contribution in [0.2, 0.25) is 0 Å². The largest absolute Gasteiger partial charge is 1.00 e. The van der Waals surface area contributed by atoms with Crippen LogP contribution in [0.25, 0.3) is 12.2 Å². The number of benzene rings is 4. The van der Waals surface area contributed by atoms with E-state index in [1.807, 2.05) is 0 Å². The fourth-order valence-corrected chi connectivity index (χ4v) is 8.42. The number of nitrogens with one attached hydrogen (secondary N) is 2. The molecule has 6 rings (SSSR count). The molecule has 2 heterocycles. The molecule has 4 aromatic carbocycles. The zero-order valence-electron chi connectivity index (χ0n) is 41.2. The van der Waals surface area contributed by atoms with Crippen molar-refractivity contribution in [3.8, 4) is 0 Å². The van der Waals surface area contributed by atoms with Crippen molar-refractivity contribution in [3.63, 3.8) is 0 Å². The van der Waals surface area contributed by atoms with Gasteiger partial charge in [-0.25, -0.2) is 25.3 Å². The first-order valence-corrected chi connectivity index (χ1v) is 25.9. The molecule has 0 aliphatic carbocycles. The zero-order valence-corrected chi connectivity index (χ0v) is 52.5. The predicted molar refractivity (Wildman–Crippen MR) is 252 cm³/mol. The summed E-state index contributed by atoms with van der Waals surface area (Å²) in [6, 6.07) is 22.1. The van der Waals surface area contributed by atoms with Crippen molar-refractivity contribution in [2.45, 2.75) is 27.5 Å². The van der Waals surface area contributed by atoms with Gasteiger partial charge in [0, 0.05) is 44.7 Å². The summed E-state index contributed by atoms with van der Waals surface area (Å²) in [5.41, 5.74) is 1.01. The van der Waals surface area contributed by atoms with Crippen LogP contribution >= 0.6 is 0 Å². The molecule has 6 aromatic rings. The molecule has 0 atom stereocenters. The summed E-state index contributed by atoms with van der Waals surface area (Å²) in [5, 5.41) is 44.4. The van der Waals surface area contributed by atoms with Gasteiger partial charge in [-0.3, -0.25) is 0 Å². The Balaban J connectivity index is 0.00000348. The molecule has 384 valence electrons. The number of aliphatic hydroxyl groups is 4. The molecule has 0 spiro atoms. The van der Waals surface area contributed by atoms with Crippen LogP contribution in [0.3, 0.4) is 0 Å². The minimum absolute atomic E-state index is 0. The smallest absolute Gasteiger partial charge is 0.744 e. The second-order valence-electron chi connectivity index (χ2n) is 14.7. The number of nitrogens with zero attached hydrogens (tertiary/aromatic N) is 8. The van der Waals surface area contributed by atoms with Crippen LogP contribution in [-0.4, -0.2) is 154 Å². The van der Waals surface area contributed by atoms with Crippen LogP contribution in [0.4, 0.5) is 35.2 Å². The average Bonchev–Trinajstić information content (AvgIpc) is 3.30. The topological polar surface area (TPSA) is 412 Å². The van der Waals surface area contributed by atoms with Crippen LogP contribution < -0.4 is 139 Å². The first kappa shape index (κ1) is 71.0. The van der Waals surface area contributed by atoms with E-state index in [0.29, 0.717) is 11.3 Å². The van der Waals surface area contributed by atoms with E-state index in [4.69, 9.17) is 12.6 Å². The Hall–Kier alpha value is -2.97. The molecule has 0 fully saturated rings. The maximum Gasteiger partial charge on any atom is 1.00 e. The first-order chi connectivity index (χ1) is 34.1. The van der Waals surface area contributed by atoms with Crippen molar-refractivity contribution in [3.05, 3.63) is 125 Å². The van der Waals surface area contributed by atoms with Gasteiger partial charge in [0.25, 0.3) is 0 Å². The van der Waals surface area contributed by atoms with Gasteiger partial charge in [0.15, 0.2) is 0 Å². The van der Waals surface area contributed by atoms with Gasteiger partial charge in [-0.2, -0.15) is 48.1 Å². The Labute approximate surface area is 527 Å². The molecule has 0 saturated heterocycles. The Morgan fingerprint density at radius 3 is 1.33 bits per heavy atom. The minimum atomic E-state index is -5.23. The quantitative estimate of drug-likeness (QED) is 0.0150. The monoisotopic (exact) mass is 1160 g/mol. The summed E-state index contributed by atoms with van der Waals surface area (Å²) in [4.78, 5) is 27.5. The van der Waals surface area contributed by atoms with Crippen molar-refractivity contribution in [1.29, 1.82) is 0 Å². The third kappa shape index (κ3) is 22.6. The van der Waals surface area contributed by atoms with E-state index >= 15 is 0 Å². The fraction of sp³-hybridized carbons (Fsp3) is 0.238. The Kier molecular flexibility index (Phi) is 31.4. The third-order valence-corrected chi connectivity index (χ3v) is 12.3. The molecule has 76 heavy (non-hydrogen) atoms. The van der Waals surface area contributed by atoms with Gasteiger partial charge in [-0.05, 0) is 52.6 Å². The van der Waals surface area contributed by atoms with Crippen LogP contribution in [0.5, 0.6) is 0 Å². The second-order valence-corrected chi connectivity index (χ2v) is 19.2. The van der Waals surface area contributed by atoms with Crippen molar-refractivity contribution in [2.24, 2.45) is 0 Å². The van der Waals surface area contributed by atoms with Crippen molar-refractivity contribution < 1.29 is 190 Å². The normalized spacial score (nSPS) is 11.1. The van der Waals surface area contributed by atoms with Crippen LogP contribution in [0.1, 0.15) is 33.9 Å². The Morgan fingerprint density at radius 1 is 0.513 bits per heavy atom. The number of hydrogen-bond acceptors (Lipinski definition) is 26. The van der Waals surface area contributed by atoms with E-state index in [2.05, 4.69) is 46.6 Å². The molecule has 0 amide bonds.